The van der Waals surface area contributed by atoms with E-state index in [0.29, 0.717) is 11.7 Å². The molecular formula is C16H18N2O. The number of para-hydroxylation sites is 1. The molecule has 2 aromatic rings. The molecule has 1 aromatic heterocycles. The third-order valence-electron chi connectivity index (χ3n) is 3.66. The number of benzene rings is 1. The highest BCUT2D eigenvalue weighted by atomic mass is 16.5. The van der Waals surface area contributed by atoms with Crippen LogP contribution in [-0.4, -0.2) is 11.6 Å². The van der Waals surface area contributed by atoms with Crippen molar-refractivity contribution in [3.8, 4) is 5.75 Å². The van der Waals surface area contributed by atoms with Crippen molar-refractivity contribution in [1.82, 2.24) is 4.98 Å². The summed E-state index contributed by atoms with van der Waals surface area (Å²) in [6.07, 6.45) is 3.94. The highest BCUT2D eigenvalue weighted by molar-refractivity contribution is 5.40. The second kappa shape index (κ2) is 4.92. The molecule has 3 heteroatoms. The number of nitrogen functional groups attached to an aromatic ring is 1. The summed E-state index contributed by atoms with van der Waals surface area (Å²) in [7, 11) is 0. The topological polar surface area (TPSA) is 48.1 Å². The summed E-state index contributed by atoms with van der Waals surface area (Å²) in [6, 6.07) is 10.4. The number of rotatable bonds is 2. The maximum Gasteiger partial charge on any atom is 0.126 e. The zero-order chi connectivity index (χ0) is 13.2. The summed E-state index contributed by atoms with van der Waals surface area (Å²) < 4.78 is 5.82. The Labute approximate surface area is 113 Å². The van der Waals surface area contributed by atoms with Crippen molar-refractivity contribution in [2.45, 2.75) is 19.8 Å². The van der Waals surface area contributed by atoms with E-state index in [9.17, 15) is 0 Å². The molecule has 3 nitrogen and oxygen atoms in total. The highest BCUT2D eigenvalue weighted by Gasteiger charge is 2.19. The molecule has 0 fully saturated rings. The Morgan fingerprint density at radius 3 is 3.05 bits per heavy atom. The third-order valence-corrected chi connectivity index (χ3v) is 3.66. The van der Waals surface area contributed by atoms with Gasteiger partial charge in [0.25, 0.3) is 0 Å². The van der Waals surface area contributed by atoms with Gasteiger partial charge in [-0.25, -0.2) is 4.98 Å². The van der Waals surface area contributed by atoms with Gasteiger partial charge in [-0.1, -0.05) is 24.3 Å². The molecule has 2 N–H and O–H groups in total. The lowest BCUT2D eigenvalue weighted by Gasteiger charge is -2.25. The predicted octanol–water partition coefficient (Wildman–Crippen LogP) is 2.77. The molecule has 19 heavy (non-hydrogen) atoms. The van der Waals surface area contributed by atoms with Crippen LogP contribution in [0.25, 0.3) is 0 Å². The second-order valence-electron chi connectivity index (χ2n) is 5.24. The Bertz CT molecular complexity index is 595. The monoisotopic (exact) mass is 254 g/mol. The van der Waals surface area contributed by atoms with Gasteiger partial charge in [0, 0.05) is 12.1 Å². The van der Waals surface area contributed by atoms with Gasteiger partial charge in [0.2, 0.25) is 0 Å². The Morgan fingerprint density at radius 1 is 1.37 bits per heavy atom. The molecule has 0 aliphatic carbocycles. The molecular weight excluding hydrogens is 236 g/mol. The van der Waals surface area contributed by atoms with E-state index in [1.807, 2.05) is 25.3 Å². The average Bonchev–Trinajstić information content (AvgIpc) is 2.43. The first-order chi connectivity index (χ1) is 9.22. The van der Waals surface area contributed by atoms with Gasteiger partial charge < -0.3 is 10.5 Å². The first kappa shape index (κ1) is 12.0. The van der Waals surface area contributed by atoms with Crippen LogP contribution in [0.2, 0.25) is 0 Å². The minimum absolute atomic E-state index is 0.514. The molecule has 0 bridgehead atoms. The molecule has 1 atom stereocenters. The lowest BCUT2D eigenvalue weighted by molar-refractivity contribution is 0.221. The number of nitrogens with two attached hydrogens (primary N) is 1. The van der Waals surface area contributed by atoms with Crippen LogP contribution >= 0.6 is 0 Å². The van der Waals surface area contributed by atoms with Gasteiger partial charge >= 0.3 is 0 Å². The van der Waals surface area contributed by atoms with Crippen molar-refractivity contribution in [2.24, 2.45) is 5.92 Å². The van der Waals surface area contributed by atoms with Crippen molar-refractivity contribution in [3.05, 3.63) is 53.2 Å². The maximum atomic E-state index is 5.82. The van der Waals surface area contributed by atoms with Gasteiger partial charge in [-0.15, -0.1) is 0 Å². The summed E-state index contributed by atoms with van der Waals surface area (Å²) in [5.41, 5.74) is 9.34. The summed E-state index contributed by atoms with van der Waals surface area (Å²) in [5.74, 6) is 2.17. The number of nitrogens with zero attached hydrogens (tertiary/aromatic N) is 1. The van der Waals surface area contributed by atoms with Crippen LogP contribution in [0.1, 0.15) is 16.7 Å². The molecule has 1 aliphatic heterocycles. The quantitative estimate of drug-likeness (QED) is 0.896. The van der Waals surface area contributed by atoms with E-state index < -0.39 is 0 Å². The van der Waals surface area contributed by atoms with Crippen LogP contribution in [0.4, 0.5) is 5.82 Å². The highest BCUT2D eigenvalue weighted by Crippen LogP contribution is 2.28. The maximum absolute atomic E-state index is 5.82. The number of anilines is 1. The Hall–Kier alpha value is -2.03. The first-order valence-electron chi connectivity index (χ1n) is 6.64. The van der Waals surface area contributed by atoms with Crippen molar-refractivity contribution < 1.29 is 4.74 Å². The second-order valence-corrected chi connectivity index (χ2v) is 5.24. The van der Waals surface area contributed by atoms with E-state index in [-0.39, 0.29) is 0 Å². The molecule has 0 saturated heterocycles. The average molecular weight is 254 g/mol. The lowest BCUT2D eigenvalue weighted by Crippen LogP contribution is -2.22. The van der Waals surface area contributed by atoms with Crippen LogP contribution in [0.15, 0.2) is 36.5 Å². The lowest BCUT2D eigenvalue weighted by atomic mass is 9.91. The van der Waals surface area contributed by atoms with Crippen molar-refractivity contribution in [1.29, 1.82) is 0 Å². The fraction of sp³-hybridized carbons (Fsp3) is 0.312. The van der Waals surface area contributed by atoms with Gasteiger partial charge in [0.1, 0.15) is 11.6 Å². The molecule has 2 heterocycles. The van der Waals surface area contributed by atoms with Gasteiger partial charge in [-0.05, 0) is 42.5 Å². The van der Waals surface area contributed by atoms with E-state index in [4.69, 9.17) is 10.5 Å². The van der Waals surface area contributed by atoms with E-state index in [0.717, 1.165) is 30.8 Å². The van der Waals surface area contributed by atoms with Crippen LogP contribution in [0.3, 0.4) is 0 Å². The molecule has 0 saturated carbocycles. The Morgan fingerprint density at radius 2 is 2.21 bits per heavy atom. The van der Waals surface area contributed by atoms with Crippen molar-refractivity contribution in [2.75, 3.05) is 12.3 Å². The molecule has 1 aromatic carbocycles. The fourth-order valence-corrected chi connectivity index (χ4v) is 2.61. The van der Waals surface area contributed by atoms with Crippen LogP contribution in [0.5, 0.6) is 5.75 Å². The Kier molecular flexibility index (Phi) is 3.11. The number of ether oxygens (including phenoxy) is 1. The number of fused-ring (bicyclic) bond motifs is 1. The van der Waals surface area contributed by atoms with E-state index >= 15 is 0 Å². The van der Waals surface area contributed by atoms with Crippen molar-refractivity contribution >= 4 is 5.82 Å². The van der Waals surface area contributed by atoms with Crippen LogP contribution in [0, 0.1) is 12.8 Å². The largest absolute Gasteiger partial charge is 0.493 e. The van der Waals surface area contributed by atoms with E-state index in [1.165, 1.54) is 11.1 Å². The minimum Gasteiger partial charge on any atom is -0.493 e. The summed E-state index contributed by atoms with van der Waals surface area (Å²) in [5, 5.41) is 0. The molecule has 0 spiro atoms. The van der Waals surface area contributed by atoms with E-state index in [1.54, 1.807) is 0 Å². The fourth-order valence-electron chi connectivity index (χ4n) is 2.61. The number of hydrogen-bond acceptors (Lipinski definition) is 3. The van der Waals surface area contributed by atoms with Gasteiger partial charge in [0.05, 0.1) is 6.61 Å². The van der Waals surface area contributed by atoms with Gasteiger partial charge in [-0.2, -0.15) is 0 Å². The molecule has 3 rings (SSSR count). The SMILES string of the molecule is Cc1cc(CC2COc3ccccc3C2)cnc1N. The van der Waals surface area contributed by atoms with Crippen molar-refractivity contribution in [3.63, 3.8) is 0 Å². The normalized spacial score (nSPS) is 17.6. The summed E-state index contributed by atoms with van der Waals surface area (Å²) in [6.45, 7) is 2.78. The molecule has 98 valence electrons. The standard InChI is InChI=1S/C16H18N2O/c1-11-6-12(9-18-16(11)17)7-13-8-14-4-2-3-5-15(14)19-10-13/h2-6,9,13H,7-8,10H2,1H3,(H2,17,18). The van der Waals surface area contributed by atoms with Gasteiger partial charge in [-0.3, -0.25) is 0 Å². The number of hydrogen-bond donors (Lipinski definition) is 1. The smallest absolute Gasteiger partial charge is 0.126 e. The summed E-state index contributed by atoms with van der Waals surface area (Å²) >= 11 is 0. The number of pyridine rings is 1. The molecule has 1 aliphatic rings. The third kappa shape index (κ3) is 2.55. The number of aromatic nitrogens is 1. The minimum atomic E-state index is 0.514. The summed E-state index contributed by atoms with van der Waals surface area (Å²) in [4.78, 5) is 4.23. The Balaban J connectivity index is 1.73. The number of aryl methyl sites for hydroxylation is 1. The van der Waals surface area contributed by atoms with Gasteiger partial charge in [0.15, 0.2) is 0 Å². The first-order valence-corrected chi connectivity index (χ1v) is 6.64. The zero-order valence-electron chi connectivity index (χ0n) is 11.1. The molecule has 0 amide bonds. The molecule has 0 radical (unpaired) electrons. The van der Waals surface area contributed by atoms with Crippen LogP contribution in [-0.2, 0) is 12.8 Å². The predicted molar refractivity (Wildman–Crippen MR) is 76.2 cm³/mol. The van der Waals surface area contributed by atoms with Crippen LogP contribution < -0.4 is 10.5 Å². The zero-order valence-corrected chi connectivity index (χ0v) is 11.1. The van der Waals surface area contributed by atoms with E-state index in [2.05, 4.69) is 23.2 Å². The molecule has 1 unspecified atom stereocenters.